The topological polar surface area (TPSA) is 101 Å². The number of carbonyl (C=O) groups excluding carboxylic acids is 1. The number of nitrogens with one attached hydrogen (secondary N) is 1. The predicted octanol–water partition coefficient (Wildman–Crippen LogP) is 5.33. The van der Waals surface area contributed by atoms with Gasteiger partial charge in [0.05, 0.1) is 0 Å². The number of benzene rings is 2. The maximum atomic E-state index is 12.8. The molecule has 0 amide bonds. The highest BCUT2D eigenvalue weighted by molar-refractivity contribution is 6.07. The van der Waals surface area contributed by atoms with Crippen LogP contribution in [0.2, 0.25) is 0 Å². The predicted molar refractivity (Wildman–Crippen MR) is 137 cm³/mol. The molecule has 0 fully saturated rings. The lowest BCUT2D eigenvalue weighted by molar-refractivity contribution is -0.0725. The highest BCUT2D eigenvalue weighted by Gasteiger charge is 2.36. The van der Waals surface area contributed by atoms with Gasteiger partial charge in [0.15, 0.2) is 0 Å². The van der Waals surface area contributed by atoms with E-state index in [1.165, 1.54) is 5.56 Å². The van der Waals surface area contributed by atoms with E-state index in [4.69, 9.17) is 4.74 Å². The van der Waals surface area contributed by atoms with E-state index in [0.717, 1.165) is 35.3 Å². The number of aliphatic hydroxyl groups is 1. The highest BCUT2D eigenvalue weighted by atomic mass is 16.5. The van der Waals surface area contributed by atoms with Crippen molar-refractivity contribution in [2.24, 2.45) is 5.41 Å². The number of rotatable bonds is 9. The summed E-state index contributed by atoms with van der Waals surface area (Å²) in [7, 11) is 0. The Bertz CT molecular complexity index is 1170. The first-order valence-corrected chi connectivity index (χ1v) is 12.2. The number of tetrazole rings is 1. The van der Waals surface area contributed by atoms with Gasteiger partial charge in [0.1, 0.15) is 18.0 Å². The molecule has 2 aromatic carbocycles. The van der Waals surface area contributed by atoms with Gasteiger partial charge in [0, 0.05) is 11.0 Å². The van der Waals surface area contributed by atoms with Crippen LogP contribution in [-0.4, -0.2) is 43.7 Å². The second-order valence-electron chi connectivity index (χ2n) is 10.7. The minimum atomic E-state index is -0.951. The third-order valence-corrected chi connectivity index (χ3v) is 7.63. The zero-order valence-electron chi connectivity index (χ0n) is 22.2. The lowest BCUT2D eigenvalue weighted by Gasteiger charge is -2.37. The van der Waals surface area contributed by atoms with Crippen LogP contribution in [0.15, 0.2) is 36.4 Å². The Morgan fingerprint density at radius 3 is 2.06 bits per heavy atom. The zero-order valence-corrected chi connectivity index (χ0v) is 22.2. The lowest BCUT2D eigenvalue weighted by atomic mass is 9.69. The van der Waals surface area contributed by atoms with E-state index in [9.17, 15) is 9.90 Å². The number of hydrogen-bond donors (Lipinski definition) is 2. The normalized spacial score (nSPS) is 14.0. The van der Waals surface area contributed by atoms with Crippen LogP contribution in [0.5, 0.6) is 5.75 Å². The summed E-state index contributed by atoms with van der Waals surface area (Å²) in [5.74, 6) is 0.594. The summed E-state index contributed by atoms with van der Waals surface area (Å²) in [5, 5.41) is 24.3. The zero-order chi connectivity index (χ0) is 26.0. The van der Waals surface area contributed by atoms with Crippen LogP contribution in [0.3, 0.4) is 0 Å². The first-order chi connectivity index (χ1) is 16.4. The average Bonchev–Trinajstić information content (AvgIpc) is 3.34. The van der Waals surface area contributed by atoms with Gasteiger partial charge in [0.25, 0.3) is 0 Å². The van der Waals surface area contributed by atoms with Crippen molar-refractivity contribution in [1.29, 1.82) is 0 Å². The minimum absolute atomic E-state index is 0.0646. The minimum Gasteiger partial charge on any atom is -0.490 e. The van der Waals surface area contributed by atoms with E-state index in [-0.39, 0.29) is 29.0 Å². The number of carbonyl (C=O) groups is 1. The van der Waals surface area contributed by atoms with Gasteiger partial charge in [0.2, 0.25) is 11.6 Å². The molecule has 0 bridgehead atoms. The summed E-state index contributed by atoms with van der Waals surface area (Å²) in [6, 6.07) is 12.3. The number of hydrogen-bond acceptors (Lipinski definition) is 6. The molecular weight excluding hydrogens is 440 g/mol. The van der Waals surface area contributed by atoms with Gasteiger partial charge in [-0.2, -0.15) is 5.21 Å². The molecule has 3 aromatic rings. The summed E-state index contributed by atoms with van der Waals surface area (Å²) in [6.45, 7) is 16.4. The van der Waals surface area contributed by atoms with Crippen LogP contribution in [0.25, 0.3) is 0 Å². The second-order valence-corrected chi connectivity index (χ2v) is 10.7. The molecule has 0 aliphatic rings. The van der Waals surface area contributed by atoms with Gasteiger partial charge in [-0.3, -0.25) is 4.79 Å². The quantitative estimate of drug-likeness (QED) is 0.403. The molecule has 0 spiro atoms. The molecule has 7 heteroatoms. The van der Waals surface area contributed by atoms with E-state index in [1.807, 2.05) is 59.7 Å². The number of ketones is 1. The van der Waals surface area contributed by atoms with Crippen LogP contribution >= 0.6 is 0 Å². The molecule has 1 aromatic heterocycles. The number of aryl methyl sites for hydroxylation is 2. The Balaban J connectivity index is 1.93. The van der Waals surface area contributed by atoms with Gasteiger partial charge in [-0.25, -0.2) is 0 Å². The third kappa shape index (κ3) is 5.15. The molecule has 1 unspecified atom stereocenters. The fourth-order valence-electron chi connectivity index (χ4n) is 4.37. The molecule has 0 saturated heterocycles. The van der Waals surface area contributed by atoms with E-state index < -0.39 is 5.60 Å². The molecular formula is C28H38N4O3. The monoisotopic (exact) mass is 478 g/mol. The van der Waals surface area contributed by atoms with Crippen molar-refractivity contribution >= 4 is 5.78 Å². The largest absolute Gasteiger partial charge is 0.490 e. The first kappa shape index (κ1) is 26.5. The Morgan fingerprint density at radius 1 is 0.971 bits per heavy atom. The summed E-state index contributed by atoms with van der Waals surface area (Å²) in [4.78, 5) is 12.8. The van der Waals surface area contributed by atoms with Crippen molar-refractivity contribution in [2.75, 3.05) is 6.61 Å². The molecule has 2 N–H and O–H groups in total. The van der Waals surface area contributed by atoms with Crippen molar-refractivity contribution in [3.05, 3.63) is 70.0 Å². The molecule has 0 radical (unpaired) electrons. The van der Waals surface area contributed by atoms with Crippen LogP contribution in [0.1, 0.15) is 92.8 Å². The van der Waals surface area contributed by atoms with Crippen LogP contribution in [0, 0.1) is 19.3 Å². The van der Waals surface area contributed by atoms with Crippen molar-refractivity contribution < 1.29 is 14.6 Å². The fourth-order valence-corrected chi connectivity index (χ4v) is 4.37. The number of aromatic amines is 1. The Labute approximate surface area is 208 Å². The van der Waals surface area contributed by atoms with E-state index in [1.54, 1.807) is 0 Å². The van der Waals surface area contributed by atoms with Crippen LogP contribution in [0.4, 0.5) is 0 Å². The molecule has 0 saturated carbocycles. The molecule has 7 nitrogen and oxygen atoms in total. The van der Waals surface area contributed by atoms with Crippen molar-refractivity contribution in [3.63, 3.8) is 0 Å². The summed E-state index contributed by atoms with van der Waals surface area (Å²) in [5.41, 5.74) is 3.38. The number of ether oxygens (including phenoxy) is 1. The van der Waals surface area contributed by atoms with E-state index in [2.05, 4.69) is 52.7 Å². The highest BCUT2D eigenvalue weighted by Crippen LogP contribution is 2.41. The van der Waals surface area contributed by atoms with Gasteiger partial charge < -0.3 is 9.84 Å². The maximum Gasteiger partial charge on any atom is 0.245 e. The SMILES string of the molecule is CCC(CC)(c1ccc(OCC(C)(O)C(C)(C)C)c(C)c1)c1ccc(C(=O)c2nn[nH]n2)c(C)c1. The van der Waals surface area contributed by atoms with Gasteiger partial charge in [-0.15, -0.1) is 10.2 Å². The average molecular weight is 479 g/mol. The Hall–Kier alpha value is -3.06. The van der Waals surface area contributed by atoms with Gasteiger partial charge in [-0.05, 0) is 72.6 Å². The van der Waals surface area contributed by atoms with Crippen LogP contribution < -0.4 is 4.74 Å². The first-order valence-electron chi connectivity index (χ1n) is 12.2. The second kappa shape index (κ2) is 9.90. The van der Waals surface area contributed by atoms with Gasteiger partial charge >= 0.3 is 0 Å². The molecule has 188 valence electrons. The third-order valence-electron chi connectivity index (χ3n) is 7.63. The fraction of sp³-hybridized carbons (Fsp3) is 0.500. The van der Waals surface area contributed by atoms with E-state index >= 15 is 0 Å². The molecule has 35 heavy (non-hydrogen) atoms. The van der Waals surface area contributed by atoms with Crippen molar-refractivity contribution in [2.45, 2.75) is 79.2 Å². The Morgan fingerprint density at radius 2 is 1.57 bits per heavy atom. The molecule has 0 aliphatic heterocycles. The van der Waals surface area contributed by atoms with Crippen molar-refractivity contribution in [3.8, 4) is 5.75 Å². The lowest BCUT2D eigenvalue weighted by Crippen LogP contribution is -2.45. The molecule has 1 heterocycles. The number of H-pyrrole nitrogens is 1. The van der Waals surface area contributed by atoms with E-state index in [0.29, 0.717) is 5.56 Å². The van der Waals surface area contributed by atoms with Gasteiger partial charge in [-0.1, -0.05) is 65.0 Å². The molecule has 1 atom stereocenters. The summed E-state index contributed by atoms with van der Waals surface area (Å²) < 4.78 is 6.06. The van der Waals surface area contributed by atoms with Crippen molar-refractivity contribution in [1.82, 2.24) is 20.6 Å². The number of aromatic nitrogens is 4. The number of nitrogens with zero attached hydrogens (tertiary/aromatic N) is 3. The molecule has 3 rings (SSSR count). The Kier molecular flexibility index (Phi) is 7.50. The summed E-state index contributed by atoms with van der Waals surface area (Å²) >= 11 is 0. The smallest absolute Gasteiger partial charge is 0.245 e. The standard InChI is InChI=1S/C28H38N4O3/c1-9-28(10-2,20-11-13-22(18(3)15-20)24(33)25-29-31-32-30-25)21-12-14-23(19(4)16-21)35-17-27(8,34)26(5,6)7/h11-16,34H,9-10,17H2,1-8H3,(H,29,30,31,32). The molecule has 0 aliphatic carbocycles. The van der Waals surface area contributed by atoms with Crippen LogP contribution in [-0.2, 0) is 5.41 Å². The maximum absolute atomic E-state index is 12.8. The summed E-state index contributed by atoms with van der Waals surface area (Å²) in [6.07, 6.45) is 1.80.